The van der Waals surface area contributed by atoms with Crippen LogP contribution in [-0.4, -0.2) is 45.5 Å². The Hall–Kier alpha value is -3.27. The van der Waals surface area contributed by atoms with Gasteiger partial charge in [0.05, 0.1) is 5.92 Å². The molecule has 2 N–H and O–H groups in total. The molecule has 1 saturated heterocycles. The second kappa shape index (κ2) is 9.77. The molecule has 3 aromatic rings. The highest BCUT2D eigenvalue weighted by atomic mass is 32.1. The second-order valence-corrected chi connectivity index (χ2v) is 10.7. The minimum Gasteiger partial charge on any atom is -0.353 e. The quantitative estimate of drug-likeness (QED) is 0.522. The molecule has 2 aromatic heterocycles. The number of aromatic nitrogens is 3. The molecule has 1 aliphatic carbocycles. The molecule has 2 amide bonds. The maximum absolute atomic E-state index is 13.1. The lowest BCUT2D eigenvalue weighted by molar-refractivity contribution is -0.125. The first-order chi connectivity index (χ1) is 16.9. The summed E-state index contributed by atoms with van der Waals surface area (Å²) in [5.41, 5.74) is 1.92. The number of piperidine rings is 1. The van der Waals surface area contributed by atoms with Crippen molar-refractivity contribution in [3.8, 4) is 0 Å². The molecule has 184 valence electrons. The highest BCUT2D eigenvalue weighted by molar-refractivity contribution is 7.22. The number of carbonyl (C=O) groups excluding carboxylic acids is 2. The van der Waals surface area contributed by atoms with E-state index in [9.17, 15) is 14.4 Å². The van der Waals surface area contributed by atoms with Crippen molar-refractivity contribution in [2.75, 3.05) is 23.3 Å². The van der Waals surface area contributed by atoms with Crippen LogP contribution in [0.15, 0.2) is 35.4 Å². The molecule has 0 spiro atoms. The third-order valence-corrected chi connectivity index (χ3v) is 7.60. The van der Waals surface area contributed by atoms with E-state index < -0.39 is 0 Å². The standard InChI is InChI=1S/C25H30N6O3S/c1-15(2)16-5-3-7-19(11-16)27-20(32)13-31-14-26-22-21(24(31)34)35-25(29-22)30-10-4-6-17(12-30)23(33)28-18-8-9-18/h3,5,7,11,14-15,17-18H,4,6,8-10,12-13H2,1-2H3,(H,27,32)(H,28,33)/t17-/m1/s1. The Bertz CT molecular complexity index is 1310. The lowest BCUT2D eigenvalue weighted by atomic mass is 9.97. The fraction of sp³-hybridized carbons (Fsp3) is 0.480. The summed E-state index contributed by atoms with van der Waals surface area (Å²) in [4.78, 5) is 49.2. The van der Waals surface area contributed by atoms with Gasteiger partial charge in [0.1, 0.15) is 17.6 Å². The summed E-state index contributed by atoms with van der Waals surface area (Å²) in [6.07, 6.45) is 5.27. The lowest BCUT2D eigenvalue weighted by Crippen LogP contribution is -2.43. The molecule has 2 aliphatic rings. The van der Waals surface area contributed by atoms with Gasteiger partial charge in [-0.1, -0.05) is 37.3 Å². The molecule has 5 rings (SSSR count). The van der Waals surface area contributed by atoms with E-state index in [1.165, 1.54) is 22.2 Å². The summed E-state index contributed by atoms with van der Waals surface area (Å²) in [5.74, 6) is 0.103. The Morgan fingerprint density at radius 3 is 2.83 bits per heavy atom. The van der Waals surface area contributed by atoms with Crippen LogP contribution in [0, 0.1) is 5.92 Å². The molecule has 35 heavy (non-hydrogen) atoms. The molecule has 1 saturated carbocycles. The average molecular weight is 495 g/mol. The molecule has 0 radical (unpaired) electrons. The van der Waals surface area contributed by atoms with E-state index in [2.05, 4.69) is 39.3 Å². The van der Waals surface area contributed by atoms with E-state index in [1.807, 2.05) is 24.3 Å². The first-order valence-corrected chi connectivity index (χ1v) is 13.0. The first kappa shape index (κ1) is 23.5. The fourth-order valence-corrected chi connectivity index (χ4v) is 5.33. The summed E-state index contributed by atoms with van der Waals surface area (Å²) in [6, 6.07) is 8.05. The molecule has 1 aliphatic heterocycles. The molecule has 10 heteroatoms. The minimum absolute atomic E-state index is 0.0705. The predicted molar refractivity (Wildman–Crippen MR) is 137 cm³/mol. The van der Waals surface area contributed by atoms with Crippen LogP contribution >= 0.6 is 11.3 Å². The smallest absolute Gasteiger partial charge is 0.273 e. The zero-order valence-corrected chi connectivity index (χ0v) is 20.8. The summed E-state index contributed by atoms with van der Waals surface area (Å²) in [6.45, 7) is 5.44. The molecule has 0 bridgehead atoms. The molecule has 3 heterocycles. The van der Waals surface area contributed by atoms with Crippen LogP contribution in [-0.2, 0) is 16.1 Å². The Labute approximate surface area is 207 Å². The Morgan fingerprint density at radius 1 is 1.23 bits per heavy atom. The molecular weight excluding hydrogens is 464 g/mol. The normalized spacial score (nSPS) is 18.1. The van der Waals surface area contributed by atoms with Gasteiger partial charge in [-0.3, -0.25) is 19.0 Å². The van der Waals surface area contributed by atoms with E-state index in [0.29, 0.717) is 39.7 Å². The largest absolute Gasteiger partial charge is 0.353 e. The van der Waals surface area contributed by atoms with Gasteiger partial charge in [0.25, 0.3) is 5.56 Å². The molecular formula is C25H30N6O3S. The number of anilines is 2. The Morgan fingerprint density at radius 2 is 2.06 bits per heavy atom. The van der Waals surface area contributed by atoms with Crippen molar-refractivity contribution >= 4 is 44.3 Å². The third kappa shape index (κ3) is 5.37. The highest BCUT2D eigenvalue weighted by Gasteiger charge is 2.31. The van der Waals surface area contributed by atoms with E-state index >= 15 is 0 Å². The number of hydrogen-bond acceptors (Lipinski definition) is 7. The fourth-order valence-electron chi connectivity index (χ4n) is 4.33. The van der Waals surface area contributed by atoms with Crippen LogP contribution in [0.4, 0.5) is 10.8 Å². The zero-order valence-electron chi connectivity index (χ0n) is 20.0. The number of carbonyl (C=O) groups is 2. The monoisotopic (exact) mass is 494 g/mol. The van der Waals surface area contributed by atoms with Gasteiger partial charge in [0.15, 0.2) is 10.8 Å². The number of nitrogens with one attached hydrogen (secondary N) is 2. The van der Waals surface area contributed by atoms with Crippen LogP contribution in [0.3, 0.4) is 0 Å². The van der Waals surface area contributed by atoms with Crippen LogP contribution in [0.2, 0.25) is 0 Å². The topological polar surface area (TPSA) is 109 Å². The molecule has 0 unspecified atom stereocenters. The van der Waals surface area contributed by atoms with Crippen molar-refractivity contribution in [1.29, 1.82) is 0 Å². The van der Waals surface area contributed by atoms with Crippen LogP contribution in [0.5, 0.6) is 0 Å². The first-order valence-electron chi connectivity index (χ1n) is 12.2. The number of fused-ring (bicyclic) bond motifs is 1. The molecule has 9 nitrogen and oxygen atoms in total. The van der Waals surface area contributed by atoms with E-state index in [0.717, 1.165) is 37.8 Å². The van der Waals surface area contributed by atoms with E-state index in [-0.39, 0.29) is 29.8 Å². The van der Waals surface area contributed by atoms with Crippen molar-refractivity contribution in [2.45, 2.75) is 58.0 Å². The lowest BCUT2D eigenvalue weighted by Gasteiger charge is -2.31. The van der Waals surface area contributed by atoms with Crippen LogP contribution in [0.1, 0.15) is 51.0 Å². The summed E-state index contributed by atoms with van der Waals surface area (Å²) >= 11 is 1.28. The molecule has 2 fully saturated rings. The third-order valence-electron chi connectivity index (χ3n) is 6.51. The van der Waals surface area contributed by atoms with Gasteiger partial charge in [0.2, 0.25) is 11.8 Å². The SMILES string of the molecule is CC(C)c1cccc(NC(=O)Cn2cnc3nc(N4CCC[C@@H](C(=O)NC5CC5)C4)sc3c2=O)c1. The van der Waals surface area contributed by atoms with Gasteiger partial charge < -0.3 is 15.5 Å². The number of benzene rings is 1. The van der Waals surface area contributed by atoms with E-state index in [1.54, 1.807) is 0 Å². The molecule has 1 aromatic carbocycles. The zero-order chi connectivity index (χ0) is 24.5. The Kier molecular flexibility index (Phi) is 6.55. The second-order valence-electron chi connectivity index (χ2n) is 9.72. The maximum Gasteiger partial charge on any atom is 0.273 e. The predicted octanol–water partition coefficient (Wildman–Crippen LogP) is 3.11. The Balaban J connectivity index is 1.29. The number of amides is 2. The number of thiazole rings is 1. The van der Waals surface area contributed by atoms with E-state index in [4.69, 9.17) is 0 Å². The van der Waals surface area contributed by atoms with Crippen molar-refractivity contribution in [2.24, 2.45) is 5.92 Å². The van der Waals surface area contributed by atoms with Crippen LogP contribution in [0.25, 0.3) is 10.3 Å². The molecule has 1 atom stereocenters. The van der Waals surface area contributed by atoms with Crippen molar-refractivity contribution in [3.05, 3.63) is 46.5 Å². The van der Waals surface area contributed by atoms with Gasteiger partial charge in [-0.2, -0.15) is 4.98 Å². The number of nitrogens with zero attached hydrogens (tertiary/aromatic N) is 4. The van der Waals surface area contributed by atoms with Crippen molar-refractivity contribution < 1.29 is 9.59 Å². The number of rotatable bonds is 7. The average Bonchev–Trinajstić information content (AvgIpc) is 3.55. The highest BCUT2D eigenvalue weighted by Crippen LogP contribution is 2.30. The van der Waals surface area contributed by atoms with Gasteiger partial charge in [-0.05, 0) is 49.3 Å². The van der Waals surface area contributed by atoms with Crippen LogP contribution < -0.4 is 21.1 Å². The van der Waals surface area contributed by atoms with Gasteiger partial charge in [-0.15, -0.1) is 0 Å². The minimum atomic E-state index is -0.292. The summed E-state index contributed by atoms with van der Waals surface area (Å²) < 4.78 is 1.73. The summed E-state index contributed by atoms with van der Waals surface area (Å²) in [5, 5.41) is 6.66. The van der Waals surface area contributed by atoms with Crippen molar-refractivity contribution in [3.63, 3.8) is 0 Å². The maximum atomic E-state index is 13.1. The van der Waals surface area contributed by atoms with Gasteiger partial charge in [0, 0.05) is 24.8 Å². The summed E-state index contributed by atoms with van der Waals surface area (Å²) in [7, 11) is 0. The number of hydrogen-bond donors (Lipinski definition) is 2. The van der Waals surface area contributed by atoms with Crippen molar-refractivity contribution in [1.82, 2.24) is 19.9 Å². The van der Waals surface area contributed by atoms with Gasteiger partial charge >= 0.3 is 0 Å². The van der Waals surface area contributed by atoms with Gasteiger partial charge in [-0.25, -0.2) is 4.98 Å².